The summed E-state index contributed by atoms with van der Waals surface area (Å²) in [5.41, 5.74) is 1.32. The molecule has 0 fully saturated rings. The molecule has 1 aliphatic heterocycles. The zero-order chi connectivity index (χ0) is 18.2. The number of nitrogens with zero attached hydrogens (tertiary/aromatic N) is 3. The quantitative estimate of drug-likeness (QED) is 0.661. The number of carbonyl (C=O) groups is 2. The molecule has 140 valence electrons. The molecular formula is C18H31N5O2. The Kier molecular flexibility index (Phi) is 7.43. The number of hydrogen-bond acceptors (Lipinski definition) is 4. The van der Waals surface area contributed by atoms with Gasteiger partial charge in [0, 0.05) is 19.6 Å². The molecule has 7 nitrogen and oxygen atoms in total. The van der Waals surface area contributed by atoms with Gasteiger partial charge < -0.3 is 20.1 Å². The van der Waals surface area contributed by atoms with E-state index in [1.165, 1.54) is 0 Å². The summed E-state index contributed by atoms with van der Waals surface area (Å²) < 4.78 is 1.93. The standard InChI is InChI=1S/C18H31N5O2/c1-4-5-10-20-18(25)16-21-15(14-9-6-7-13-23(14)16)17(24)19-11-8-12-22(2)3/h4-13H2,1-3H3,(H,19,24)(H,20,25). The molecule has 0 unspecified atom stereocenters. The lowest BCUT2D eigenvalue weighted by Gasteiger charge is -2.17. The van der Waals surface area contributed by atoms with Crippen LogP contribution in [0.1, 0.15) is 65.8 Å². The number of aromatic nitrogens is 2. The third-order valence-electron chi connectivity index (χ3n) is 4.42. The summed E-state index contributed by atoms with van der Waals surface area (Å²) >= 11 is 0. The summed E-state index contributed by atoms with van der Waals surface area (Å²) in [6.45, 7) is 5.02. The van der Waals surface area contributed by atoms with E-state index in [0.29, 0.717) is 24.6 Å². The van der Waals surface area contributed by atoms with Crippen LogP contribution in [0.15, 0.2) is 0 Å². The molecule has 2 N–H and O–H groups in total. The van der Waals surface area contributed by atoms with E-state index in [4.69, 9.17) is 0 Å². The second kappa shape index (κ2) is 9.56. The van der Waals surface area contributed by atoms with Crippen molar-refractivity contribution in [1.29, 1.82) is 0 Å². The zero-order valence-electron chi connectivity index (χ0n) is 15.7. The van der Waals surface area contributed by atoms with Crippen LogP contribution in [0, 0.1) is 0 Å². The molecule has 0 bridgehead atoms. The van der Waals surface area contributed by atoms with Crippen molar-refractivity contribution in [2.75, 3.05) is 33.7 Å². The van der Waals surface area contributed by atoms with Crippen LogP contribution in [-0.4, -0.2) is 60.0 Å². The fourth-order valence-corrected chi connectivity index (χ4v) is 3.04. The molecule has 2 amide bonds. The number of fused-ring (bicyclic) bond motifs is 1. The van der Waals surface area contributed by atoms with Gasteiger partial charge in [-0.2, -0.15) is 0 Å². The summed E-state index contributed by atoms with van der Waals surface area (Å²) in [5, 5.41) is 5.84. The smallest absolute Gasteiger partial charge is 0.287 e. The normalized spacial score (nSPS) is 13.6. The van der Waals surface area contributed by atoms with Crippen LogP contribution in [0.5, 0.6) is 0 Å². The molecule has 7 heteroatoms. The minimum atomic E-state index is -0.178. The number of carbonyl (C=O) groups excluding carboxylic acids is 2. The summed E-state index contributed by atoms with van der Waals surface area (Å²) in [4.78, 5) is 31.5. The molecule has 0 saturated heterocycles. The first-order valence-electron chi connectivity index (χ1n) is 9.35. The summed E-state index contributed by atoms with van der Waals surface area (Å²) in [5.74, 6) is 0.0320. The average Bonchev–Trinajstić information content (AvgIpc) is 2.98. The largest absolute Gasteiger partial charge is 0.351 e. The van der Waals surface area contributed by atoms with Gasteiger partial charge in [-0.25, -0.2) is 4.98 Å². The summed E-state index contributed by atoms with van der Waals surface area (Å²) in [6, 6.07) is 0. The van der Waals surface area contributed by atoms with E-state index in [-0.39, 0.29) is 11.8 Å². The number of imidazole rings is 1. The molecule has 0 atom stereocenters. The fraction of sp³-hybridized carbons (Fsp3) is 0.722. The van der Waals surface area contributed by atoms with Gasteiger partial charge in [0.25, 0.3) is 11.8 Å². The second-order valence-corrected chi connectivity index (χ2v) is 6.86. The lowest BCUT2D eigenvalue weighted by atomic mass is 10.1. The van der Waals surface area contributed by atoms with E-state index in [0.717, 1.165) is 57.3 Å². The third kappa shape index (κ3) is 5.29. The maximum absolute atomic E-state index is 12.5. The highest BCUT2D eigenvalue weighted by Gasteiger charge is 2.27. The Morgan fingerprint density at radius 1 is 1.12 bits per heavy atom. The highest BCUT2D eigenvalue weighted by Crippen LogP contribution is 2.21. The van der Waals surface area contributed by atoms with Gasteiger partial charge in [0.05, 0.1) is 5.69 Å². The van der Waals surface area contributed by atoms with Crippen LogP contribution in [-0.2, 0) is 13.0 Å². The fourth-order valence-electron chi connectivity index (χ4n) is 3.04. The van der Waals surface area contributed by atoms with Crippen molar-refractivity contribution in [3.8, 4) is 0 Å². The summed E-state index contributed by atoms with van der Waals surface area (Å²) in [6.07, 6.45) is 5.71. The minimum Gasteiger partial charge on any atom is -0.351 e. The van der Waals surface area contributed by atoms with E-state index < -0.39 is 0 Å². The molecule has 1 aromatic heterocycles. The first kappa shape index (κ1) is 19.4. The number of amides is 2. The number of unbranched alkanes of at least 4 members (excludes halogenated alkanes) is 1. The molecule has 2 rings (SSSR count). The highest BCUT2D eigenvalue weighted by molar-refractivity contribution is 5.97. The van der Waals surface area contributed by atoms with E-state index >= 15 is 0 Å². The topological polar surface area (TPSA) is 79.3 Å². The maximum atomic E-state index is 12.5. The Hall–Kier alpha value is -1.89. The Balaban J connectivity index is 2.07. The predicted octanol–water partition coefficient (Wildman–Crippen LogP) is 1.43. The number of rotatable bonds is 9. The number of nitrogens with one attached hydrogen (secondary N) is 2. The molecule has 0 aromatic carbocycles. The van der Waals surface area contributed by atoms with Gasteiger partial charge in [-0.3, -0.25) is 9.59 Å². The van der Waals surface area contributed by atoms with Crippen molar-refractivity contribution >= 4 is 11.8 Å². The van der Waals surface area contributed by atoms with Gasteiger partial charge in [0.15, 0.2) is 5.82 Å². The first-order valence-corrected chi connectivity index (χ1v) is 9.35. The van der Waals surface area contributed by atoms with Crippen molar-refractivity contribution in [3.63, 3.8) is 0 Å². The van der Waals surface area contributed by atoms with E-state index in [1.54, 1.807) is 0 Å². The van der Waals surface area contributed by atoms with Gasteiger partial charge in [-0.1, -0.05) is 13.3 Å². The van der Waals surface area contributed by atoms with Crippen LogP contribution in [0.3, 0.4) is 0 Å². The third-order valence-corrected chi connectivity index (χ3v) is 4.42. The molecule has 0 spiro atoms. The van der Waals surface area contributed by atoms with Crippen LogP contribution in [0.2, 0.25) is 0 Å². The molecule has 0 aliphatic carbocycles. The van der Waals surface area contributed by atoms with Crippen molar-refractivity contribution in [1.82, 2.24) is 25.1 Å². The predicted molar refractivity (Wildman–Crippen MR) is 97.9 cm³/mol. The summed E-state index contributed by atoms with van der Waals surface area (Å²) in [7, 11) is 4.02. The molecule has 0 saturated carbocycles. The Morgan fingerprint density at radius 2 is 1.84 bits per heavy atom. The Morgan fingerprint density at radius 3 is 2.56 bits per heavy atom. The van der Waals surface area contributed by atoms with Gasteiger partial charge >= 0.3 is 0 Å². The van der Waals surface area contributed by atoms with Crippen LogP contribution < -0.4 is 10.6 Å². The Labute approximate surface area is 150 Å². The highest BCUT2D eigenvalue weighted by atomic mass is 16.2. The SMILES string of the molecule is CCCCNC(=O)c1nc(C(=O)NCCCN(C)C)c2n1CCCC2. The zero-order valence-corrected chi connectivity index (χ0v) is 15.7. The van der Waals surface area contributed by atoms with E-state index in [2.05, 4.69) is 27.4 Å². The van der Waals surface area contributed by atoms with Crippen LogP contribution in [0.25, 0.3) is 0 Å². The lowest BCUT2D eigenvalue weighted by Crippen LogP contribution is -2.28. The molecule has 2 heterocycles. The van der Waals surface area contributed by atoms with Crippen molar-refractivity contribution in [2.24, 2.45) is 0 Å². The van der Waals surface area contributed by atoms with E-state index in [9.17, 15) is 9.59 Å². The second-order valence-electron chi connectivity index (χ2n) is 6.86. The first-order chi connectivity index (χ1) is 12.0. The van der Waals surface area contributed by atoms with Gasteiger partial charge in [0.2, 0.25) is 0 Å². The molecule has 0 radical (unpaired) electrons. The molecule has 25 heavy (non-hydrogen) atoms. The number of hydrogen-bond donors (Lipinski definition) is 2. The van der Waals surface area contributed by atoms with Gasteiger partial charge in [-0.15, -0.1) is 0 Å². The van der Waals surface area contributed by atoms with Crippen molar-refractivity contribution in [3.05, 3.63) is 17.2 Å². The molecule has 1 aliphatic rings. The van der Waals surface area contributed by atoms with E-state index in [1.807, 2.05) is 18.7 Å². The van der Waals surface area contributed by atoms with Crippen LogP contribution in [0.4, 0.5) is 0 Å². The van der Waals surface area contributed by atoms with Crippen molar-refractivity contribution < 1.29 is 9.59 Å². The lowest BCUT2D eigenvalue weighted by molar-refractivity contribution is 0.0937. The van der Waals surface area contributed by atoms with Crippen molar-refractivity contribution in [2.45, 2.75) is 52.0 Å². The molecule has 1 aromatic rings. The minimum absolute atomic E-state index is 0.169. The Bertz CT molecular complexity index is 595. The maximum Gasteiger partial charge on any atom is 0.287 e. The molecular weight excluding hydrogens is 318 g/mol. The van der Waals surface area contributed by atoms with Crippen LogP contribution >= 0.6 is 0 Å². The van der Waals surface area contributed by atoms with Gasteiger partial charge in [-0.05, 0) is 52.7 Å². The average molecular weight is 349 g/mol. The van der Waals surface area contributed by atoms with Gasteiger partial charge in [0.1, 0.15) is 5.69 Å². The monoisotopic (exact) mass is 349 g/mol.